The van der Waals surface area contributed by atoms with Crippen LogP contribution >= 0.6 is 0 Å². The molecule has 1 aromatic carbocycles. The number of aromatic nitrogens is 1. The maximum Gasteiger partial charge on any atom is 0.192 e. The Morgan fingerprint density at radius 3 is 2.47 bits per heavy atom. The molecule has 1 N–H and O–H groups in total. The predicted molar refractivity (Wildman–Crippen MR) is 56.4 cm³/mol. The first-order valence-electron chi connectivity index (χ1n) is 5.28. The summed E-state index contributed by atoms with van der Waals surface area (Å²) in [7, 11) is 0. The molecule has 0 bridgehead atoms. The van der Waals surface area contributed by atoms with Crippen molar-refractivity contribution < 1.29 is 13.2 Å². The third kappa shape index (κ3) is 1.53. The minimum atomic E-state index is -1.29. The molecule has 17 heavy (non-hydrogen) atoms. The van der Waals surface area contributed by atoms with Crippen LogP contribution in [0.1, 0.15) is 24.5 Å². The van der Waals surface area contributed by atoms with Gasteiger partial charge >= 0.3 is 0 Å². The van der Waals surface area contributed by atoms with Crippen LogP contribution in [0.15, 0.2) is 16.9 Å². The number of aromatic amines is 1. The van der Waals surface area contributed by atoms with Crippen molar-refractivity contribution in [3.8, 4) is 0 Å². The van der Waals surface area contributed by atoms with Crippen LogP contribution < -0.4 is 5.43 Å². The van der Waals surface area contributed by atoms with Crippen LogP contribution in [-0.4, -0.2) is 4.98 Å². The molecule has 1 heterocycles. The molecule has 1 saturated carbocycles. The lowest BCUT2D eigenvalue weighted by Crippen LogP contribution is -2.09. The third-order valence-electron chi connectivity index (χ3n) is 2.99. The zero-order valence-electron chi connectivity index (χ0n) is 8.69. The Hall–Kier alpha value is -1.78. The Labute approximate surface area is 94.1 Å². The van der Waals surface area contributed by atoms with Crippen LogP contribution in [0.2, 0.25) is 0 Å². The number of nitrogens with one attached hydrogen (secondary N) is 1. The van der Waals surface area contributed by atoms with Gasteiger partial charge in [0.25, 0.3) is 0 Å². The minimum absolute atomic E-state index is 0.179. The highest BCUT2D eigenvalue weighted by Crippen LogP contribution is 2.39. The van der Waals surface area contributed by atoms with Crippen LogP contribution in [0.4, 0.5) is 13.2 Å². The average molecular weight is 239 g/mol. The zero-order valence-corrected chi connectivity index (χ0v) is 8.69. The largest absolute Gasteiger partial charge is 0.355 e. The number of hydrogen-bond acceptors (Lipinski definition) is 1. The fraction of sp³-hybridized carbons (Fsp3) is 0.250. The lowest BCUT2D eigenvalue weighted by molar-refractivity contribution is 0.503. The average Bonchev–Trinajstić information content (AvgIpc) is 3.08. The van der Waals surface area contributed by atoms with E-state index in [9.17, 15) is 18.0 Å². The molecule has 0 unspecified atom stereocenters. The third-order valence-corrected chi connectivity index (χ3v) is 2.99. The monoisotopic (exact) mass is 239 g/mol. The summed E-state index contributed by atoms with van der Waals surface area (Å²) in [6.07, 6.45) is 1.81. The molecule has 1 aliphatic rings. The molecule has 0 atom stereocenters. The van der Waals surface area contributed by atoms with Crippen molar-refractivity contribution >= 4 is 10.9 Å². The van der Waals surface area contributed by atoms with Crippen LogP contribution in [0, 0.1) is 17.5 Å². The Morgan fingerprint density at radius 1 is 1.12 bits per heavy atom. The van der Waals surface area contributed by atoms with Gasteiger partial charge in [0.15, 0.2) is 17.1 Å². The highest BCUT2D eigenvalue weighted by Gasteiger charge is 2.26. The van der Waals surface area contributed by atoms with Gasteiger partial charge in [-0.05, 0) is 18.8 Å². The van der Waals surface area contributed by atoms with E-state index < -0.39 is 28.3 Å². The first kappa shape index (κ1) is 10.4. The van der Waals surface area contributed by atoms with E-state index >= 15 is 0 Å². The summed E-state index contributed by atoms with van der Waals surface area (Å²) >= 11 is 0. The van der Waals surface area contributed by atoms with Gasteiger partial charge in [-0.1, -0.05) is 0 Å². The first-order valence-corrected chi connectivity index (χ1v) is 5.28. The van der Waals surface area contributed by atoms with Crippen molar-refractivity contribution in [3.05, 3.63) is 45.5 Å². The van der Waals surface area contributed by atoms with Gasteiger partial charge in [0.05, 0.1) is 10.9 Å². The van der Waals surface area contributed by atoms with E-state index in [1.54, 1.807) is 0 Å². The van der Waals surface area contributed by atoms with Crippen LogP contribution in [0.3, 0.4) is 0 Å². The summed E-state index contributed by atoms with van der Waals surface area (Å²) in [5, 5.41) is -0.423. The van der Waals surface area contributed by atoms with Gasteiger partial charge in [0, 0.05) is 17.8 Å². The smallest absolute Gasteiger partial charge is 0.192 e. The van der Waals surface area contributed by atoms with Gasteiger partial charge in [-0.2, -0.15) is 0 Å². The molecule has 0 saturated heterocycles. The summed E-state index contributed by atoms with van der Waals surface area (Å²) in [4.78, 5) is 14.3. The van der Waals surface area contributed by atoms with Gasteiger partial charge in [0.1, 0.15) is 5.82 Å². The number of pyridine rings is 1. The lowest BCUT2D eigenvalue weighted by Gasteiger charge is -2.05. The molecule has 2 aromatic rings. The molecule has 0 spiro atoms. The number of H-pyrrole nitrogens is 1. The maximum absolute atomic E-state index is 13.5. The number of hydrogen-bond donors (Lipinski definition) is 1. The summed E-state index contributed by atoms with van der Waals surface area (Å²) in [6.45, 7) is 0. The summed E-state index contributed by atoms with van der Waals surface area (Å²) in [5.74, 6) is -3.36. The normalized spacial score (nSPS) is 15.5. The van der Waals surface area contributed by atoms with Gasteiger partial charge < -0.3 is 4.98 Å². The van der Waals surface area contributed by atoms with Crippen LogP contribution in [0.5, 0.6) is 0 Å². The van der Waals surface area contributed by atoms with E-state index in [0.717, 1.165) is 12.8 Å². The van der Waals surface area contributed by atoms with Gasteiger partial charge in [-0.15, -0.1) is 0 Å². The van der Waals surface area contributed by atoms with Crippen molar-refractivity contribution in [2.45, 2.75) is 18.8 Å². The van der Waals surface area contributed by atoms with Gasteiger partial charge in [-0.3, -0.25) is 4.79 Å². The molecular formula is C12H8F3NO. The SMILES string of the molecule is O=c1cc(C2CC2)[nH]c2c(F)c(F)cc(F)c12. The molecule has 2 nitrogen and oxygen atoms in total. The predicted octanol–water partition coefficient (Wildman–Crippen LogP) is 2.82. The molecule has 0 radical (unpaired) electrons. The van der Waals surface area contributed by atoms with Crippen molar-refractivity contribution in [2.75, 3.05) is 0 Å². The van der Waals surface area contributed by atoms with E-state index in [2.05, 4.69) is 4.98 Å². The minimum Gasteiger partial charge on any atom is -0.355 e. The molecule has 5 heteroatoms. The van der Waals surface area contributed by atoms with Crippen LogP contribution in [0.25, 0.3) is 10.9 Å². The van der Waals surface area contributed by atoms with E-state index in [4.69, 9.17) is 0 Å². The highest BCUT2D eigenvalue weighted by molar-refractivity contribution is 5.80. The van der Waals surface area contributed by atoms with Crippen molar-refractivity contribution in [3.63, 3.8) is 0 Å². The number of fused-ring (bicyclic) bond motifs is 1. The van der Waals surface area contributed by atoms with Crippen LogP contribution in [-0.2, 0) is 0 Å². The molecule has 88 valence electrons. The summed E-state index contributed by atoms with van der Waals surface area (Å²) in [6, 6.07) is 1.66. The number of halogens is 3. The molecule has 1 fully saturated rings. The second kappa shape index (κ2) is 3.35. The lowest BCUT2D eigenvalue weighted by atomic mass is 10.1. The van der Waals surface area contributed by atoms with E-state index in [1.807, 2.05) is 0 Å². The van der Waals surface area contributed by atoms with Crippen molar-refractivity contribution in [1.82, 2.24) is 4.98 Å². The number of benzene rings is 1. The Morgan fingerprint density at radius 2 is 1.82 bits per heavy atom. The summed E-state index contributed by atoms with van der Waals surface area (Å²) < 4.78 is 40.0. The Balaban J connectivity index is 2.43. The molecular weight excluding hydrogens is 231 g/mol. The Kier molecular flexibility index (Phi) is 2.05. The van der Waals surface area contributed by atoms with Crippen molar-refractivity contribution in [2.24, 2.45) is 0 Å². The molecule has 0 amide bonds. The fourth-order valence-corrected chi connectivity index (χ4v) is 1.96. The fourth-order valence-electron chi connectivity index (χ4n) is 1.96. The van der Waals surface area contributed by atoms with E-state index in [0.29, 0.717) is 11.8 Å². The summed E-state index contributed by atoms with van der Waals surface area (Å²) in [5.41, 5.74) is -0.444. The van der Waals surface area contributed by atoms with E-state index in [1.165, 1.54) is 6.07 Å². The van der Waals surface area contributed by atoms with Crippen molar-refractivity contribution in [1.29, 1.82) is 0 Å². The quantitative estimate of drug-likeness (QED) is 0.762. The molecule has 1 aliphatic carbocycles. The Bertz CT molecular complexity index is 673. The molecule has 1 aromatic heterocycles. The first-order chi connectivity index (χ1) is 8.08. The topological polar surface area (TPSA) is 32.9 Å². The molecule has 3 rings (SSSR count). The maximum atomic E-state index is 13.5. The second-order valence-electron chi connectivity index (χ2n) is 4.27. The molecule has 0 aliphatic heterocycles. The zero-order chi connectivity index (χ0) is 12.2. The van der Waals surface area contributed by atoms with Gasteiger partial charge in [-0.25, -0.2) is 13.2 Å². The highest BCUT2D eigenvalue weighted by atomic mass is 19.2. The standard InChI is InChI=1S/C12H8F3NO/c13-6-3-7(14)11(15)12-10(6)9(17)4-8(16-12)5-1-2-5/h3-5H,1-2H2,(H,16,17). The van der Waals surface area contributed by atoms with Gasteiger partial charge in [0.2, 0.25) is 0 Å². The second-order valence-corrected chi connectivity index (χ2v) is 4.27. The number of rotatable bonds is 1. The van der Waals surface area contributed by atoms with E-state index in [-0.39, 0.29) is 11.4 Å².